The van der Waals surface area contributed by atoms with Gasteiger partial charge >= 0.3 is 0 Å². The third-order valence-corrected chi connectivity index (χ3v) is 4.16. The van der Waals surface area contributed by atoms with Crippen molar-refractivity contribution in [2.24, 2.45) is 5.73 Å². The molecule has 0 aliphatic carbocycles. The van der Waals surface area contributed by atoms with Gasteiger partial charge in [0.05, 0.1) is 11.6 Å². The van der Waals surface area contributed by atoms with Crippen molar-refractivity contribution >= 4 is 0 Å². The summed E-state index contributed by atoms with van der Waals surface area (Å²) in [5.74, 6) is 0.407. The molecular weight excluding hydrogens is 258 g/mol. The molecule has 0 unspecified atom stereocenters. The van der Waals surface area contributed by atoms with Crippen LogP contribution < -0.4 is 5.73 Å². The first kappa shape index (κ1) is 13.8. The number of nitriles is 1. The molecule has 2 atom stereocenters. The minimum absolute atomic E-state index is 0.186. The Morgan fingerprint density at radius 3 is 2.43 bits per heavy atom. The summed E-state index contributed by atoms with van der Waals surface area (Å²) in [6.45, 7) is 2.80. The molecule has 21 heavy (non-hydrogen) atoms. The normalized spacial score (nSPS) is 22.1. The van der Waals surface area contributed by atoms with E-state index >= 15 is 0 Å². The van der Waals surface area contributed by atoms with E-state index in [1.54, 1.807) is 0 Å². The molecule has 3 heteroatoms. The van der Waals surface area contributed by atoms with Crippen molar-refractivity contribution in [3.8, 4) is 6.07 Å². The number of benzene rings is 2. The number of nitrogens with zero attached hydrogens (tertiary/aromatic N) is 2. The highest BCUT2D eigenvalue weighted by molar-refractivity contribution is 5.32. The number of rotatable bonds is 3. The van der Waals surface area contributed by atoms with Crippen molar-refractivity contribution in [1.29, 1.82) is 5.26 Å². The van der Waals surface area contributed by atoms with E-state index < -0.39 is 0 Å². The second-order valence-corrected chi connectivity index (χ2v) is 5.68. The Labute approximate surface area is 125 Å². The second kappa shape index (κ2) is 6.09. The molecule has 3 rings (SSSR count). The zero-order chi connectivity index (χ0) is 14.7. The minimum Gasteiger partial charge on any atom is -0.326 e. The van der Waals surface area contributed by atoms with Gasteiger partial charge in [0.25, 0.3) is 0 Å². The summed E-state index contributed by atoms with van der Waals surface area (Å²) < 4.78 is 0. The van der Waals surface area contributed by atoms with Crippen LogP contribution in [0.4, 0.5) is 0 Å². The van der Waals surface area contributed by atoms with Crippen molar-refractivity contribution in [3.05, 3.63) is 71.3 Å². The molecule has 0 saturated carbocycles. The first-order chi connectivity index (χ1) is 10.3. The van der Waals surface area contributed by atoms with Gasteiger partial charge in [-0.1, -0.05) is 42.5 Å². The first-order valence-electron chi connectivity index (χ1n) is 7.28. The summed E-state index contributed by atoms with van der Waals surface area (Å²) in [6.07, 6.45) is 0. The SMILES string of the molecule is N#Cc1ccc(CN2C[C@@H](N)[C@H](c3ccccc3)C2)cc1. The first-order valence-corrected chi connectivity index (χ1v) is 7.28. The van der Waals surface area contributed by atoms with Crippen LogP contribution in [0.2, 0.25) is 0 Å². The van der Waals surface area contributed by atoms with Gasteiger partial charge in [0, 0.05) is 31.6 Å². The molecule has 1 fully saturated rings. The second-order valence-electron chi connectivity index (χ2n) is 5.68. The fourth-order valence-corrected chi connectivity index (χ4v) is 3.04. The van der Waals surface area contributed by atoms with Crippen LogP contribution >= 0.6 is 0 Å². The summed E-state index contributed by atoms with van der Waals surface area (Å²) in [4.78, 5) is 2.39. The van der Waals surface area contributed by atoms with E-state index in [2.05, 4.69) is 35.2 Å². The van der Waals surface area contributed by atoms with Gasteiger partial charge in [-0.25, -0.2) is 0 Å². The van der Waals surface area contributed by atoms with Crippen LogP contribution in [0.1, 0.15) is 22.6 Å². The van der Waals surface area contributed by atoms with Crippen LogP contribution in [0, 0.1) is 11.3 Å². The smallest absolute Gasteiger partial charge is 0.0991 e. The van der Waals surface area contributed by atoms with Crippen LogP contribution in [-0.2, 0) is 6.54 Å². The van der Waals surface area contributed by atoms with Gasteiger partial charge in [-0.15, -0.1) is 0 Å². The summed E-state index contributed by atoms with van der Waals surface area (Å²) in [5.41, 5.74) is 9.58. The lowest BCUT2D eigenvalue weighted by molar-refractivity contribution is 0.324. The van der Waals surface area contributed by atoms with Gasteiger partial charge in [0.15, 0.2) is 0 Å². The van der Waals surface area contributed by atoms with Gasteiger partial charge in [-0.05, 0) is 23.3 Å². The third kappa shape index (κ3) is 3.13. The zero-order valence-corrected chi connectivity index (χ0v) is 11.9. The van der Waals surface area contributed by atoms with Crippen LogP contribution in [0.3, 0.4) is 0 Å². The molecular formula is C18H19N3. The van der Waals surface area contributed by atoms with E-state index in [0.29, 0.717) is 11.5 Å². The fourth-order valence-electron chi connectivity index (χ4n) is 3.04. The largest absolute Gasteiger partial charge is 0.326 e. The molecule has 106 valence electrons. The highest BCUT2D eigenvalue weighted by Gasteiger charge is 2.30. The molecule has 1 aliphatic rings. The van der Waals surface area contributed by atoms with Gasteiger partial charge in [0.1, 0.15) is 0 Å². The van der Waals surface area contributed by atoms with E-state index in [4.69, 9.17) is 11.0 Å². The number of hydrogen-bond donors (Lipinski definition) is 1. The molecule has 2 aromatic rings. The lowest BCUT2D eigenvalue weighted by Crippen LogP contribution is -2.28. The summed E-state index contributed by atoms with van der Waals surface area (Å²) >= 11 is 0. The van der Waals surface area contributed by atoms with E-state index in [-0.39, 0.29) is 6.04 Å². The Balaban J connectivity index is 1.67. The molecule has 1 aliphatic heterocycles. The molecule has 1 saturated heterocycles. The van der Waals surface area contributed by atoms with E-state index in [0.717, 1.165) is 19.6 Å². The molecule has 3 nitrogen and oxygen atoms in total. The van der Waals surface area contributed by atoms with Gasteiger partial charge < -0.3 is 5.73 Å². The lowest BCUT2D eigenvalue weighted by Gasteiger charge is -2.16. The molecule has 0 bridgehead atoms. The topological polar surface area (TPSA) is 53.0 Å². The van der Waals surface area contributed by atoms with E-state index in [9.17, 15) is 0 Å². The third-order valence-electron chi connectivity index (χ3n) is 4.16. The lowest BCUT2D eigenvalue weighted by atomic mass is 9.95. The predicted octanol–water partition coefficient (Wildman–Crippen LogP) is 2.48. The molecule has 2 N–H and O–H groups in total. The van der Waals surface area contributed by atoms with Crippen molar-refractivity contribution in [2.75, 3.05) is 13.1 Å². The highest BCUT2D eigenvalue weighted by atomic mass is 15.2. The maximum Gasteiger partial charge on any atom is 0.0991 e. The van der Waals surface area contributed by atoms with Crippen LogP contribution in [0.5, 0.6) is 0 Å². The maximum atomic E-state index is 8.83. The minimum atomic E-state index is 0.186. The maximum absolute atomic E-state index is 8.83. The van der Waals surface area contributed by atoms with Gasteiger partial charge in [0.2, 0.25) is 0 Å². The average Bonchev–Trinajstić information content (AvgIpc) is 2.89. The molecule has 1 heterocycles. The van der Waals surface area contributed by atoms with Crippen molar-refractivity contribution in [1.82, 2.24) is 4.90 Å². The van der Waals surface area contributed by atoms with Crippen LogP contribution in [-0.4, -0.2) is 24.0 Å². The zero-order valence-electron chi connectivity index (χ0n) is 11.9. The quantitative estimate of drug-likeness (QED) is 0.937. The van der Waals surface area contributed by atoms with Gasteiger partial charge in [-0.3, -0.25) is 4.90 Å². The van der Waals surface area contributed by atoms with Crippen LogP contribution in [0.25, 0.3) is 0 Å². The summed E-state index contributed by atoms with van der Waals surface area (Å²) in [7, 11) is 0. The average molecular weight is 277 g/mol. The van der Waals surface area contributed by atoms with Crippen molar-refractivity contribution < 1.29 is 0 Å². The van der Waals surface area contributed by atoms with Crippen molar-refractivity contribution in [2.45, 2.75) is 18.5 Å². The highest BCUT2D eigenvalue weighted by Crippen LogP contribution is 2.27. The summed E-state index contributed by atoms with van der Waals surface area (Å²) in [6, 6.07) is 20.7. The molecule has 2 aromatic carbocycles. The molecule has 0 amide bonds. The standard InChI is InChI=1S/C18H19N3/c19-10-14-6-8-15(9-7-14)11-21-12-17(18(20)13-21)16-4-2-1-3-5-16/h1-9,17-18H,11-13,20H2/t17-,18+/m0/s1. The Bertz CT molecular complexity index is 628. The predicted molar refractivity (Wildman–Crippen MR) is 83.6 cm³/mol. The Kier molecular flexibility index (Phi) is 4.01. The Hall–Kier alpha value is -2.15. The molecule has 0 radical (unpaired) electrons. The molecule has 0 spiro atoms. The number of nitrogens with two attached hydrogens (primary N) is 1. The number of hydrogen-bond acceptors (Lipinski definition) is 3. The number of likely N-dealkylation sites (tertiary alicyclic amines) is 1. The molecule has 0 aromatic heterocycles. The van der Waals surface area contributed by atoms with Crippen molar-refractivity contribution in [3.63, 3.8) is 0 Å². The van der Waals surface area contributed by atoms with E-state index in [1.165, 1.54) is 11.1 Å². The fraction of sp³-hybridized carbons (Fsp3) is 0.278. The summed E-state index contributed by atoms with van der Waals surface area (Å²) in [5, 5.41) is 8.83. The van der Waals surface area contributed by atoms with Crippen LogP contribution in [0.15, 0.2) is 54.6 Å². The van der Waals surface area contributed by atoms with E-state index in [1.807, 2.05) is 30.3 Å². The Morgan fingerprint density at radius 2 is 1.76 bits per heavy atom. The monoisotopic (exact) mass is 277 g/mol. The Morgan fingerprint density at radius 1 is 1.05 bits per heavy atom. The van der Waals surface area contributed by atoms with Gasteiger partial charge in [-0.2, -0.15) is 5.26 Å².